The van der Waals surface area contributed by atoms with Crippen molar-refractivity contribution in [2.75, 3.05) is 25.4 Å². The highest BCUT2D eigenvalue weighted by Gasteiger charge is 2.32. The van der Waals surface area contributed by atoms with Crippen LogP contribution in [0.4, 0.5) is 13.2 Å². The van der Waals surface area contributed by atoms with Gasteiger partial charge in [-0.1, -0.05) is 13.0 Å². The van der Waals surface area contributed by atoms with Gasteiger partial charge >= 0.3 is 6.18 Å². The average Bonchev–Trinajstić information content (AvgIpc) is 3.38. The third kappa shape index (κ3) is 8.84. The summed E-state index contributed by atoms with van der Waals surface area (Å²) in [6, 6.07) is 7.42. The van der Waals surface area contributed by atoms with Gasteiger partial charge < -0.3 is 10.1 Å². The van der Waals surface area contributed by atoms with Crippen LogP contribution in [0.25, 0.3) is 0 Å². The van der Waals surface area contributed by atoms with E-state index in [1.807, 2.05) is 19.9 Å². The van der Waals surface area contributed by atoms with Gasteiger partial charge in [-0.2, -0.15) is 13.2 Å². The van der Waals surface area contributed by atoms with Gasteiger partial charge in [0.2, 0.25) is 0 Å². The second kappa shape index (κ2) is 14.3. The zero-order valence-corrected chi connectivity index (χ0v) is 26.1. The van der Waals surface area contributed by atoms with E-state index < -0.39 is 21.7 Å². The standard InChI is InChI=1S/C30H37F3N4O4S2/c1-4-43(39,40)25-10-9-24(34-19-25)18-36-29(38)27-16-23-15-20(2)41-14-6-13-37(12-5-7-26(23)42-27)21(3)22-8-11-28(35-17-22)30(31,32)33/h8-11,16-17,19-21H,4-7,12-15,18H2,1-3H3,(H,36,38). The molecule has 0 fully saturated rings. The smallest absolute Gasteiger partial charge is 0.378 e. The number of ether oxygens (including phenoxy) is 1. The summed E-state index contributed by atoms with van der Waals surface area (Å²) < 4.78 is 69.0. The van der Waals surface area contributed by atoms with Crippen molar-refractivity contribution < 1.29 is 31.1 Å². The third-order valence-corrected chi connectivity index (χ3v) is 10.5. The molecule has 0 spiro atoms. The molecule has 0 saturated carbocycles. The number of alkyl halides is 3. The molecule has 234 valence electrons. The Labute approximate surface area is 254 Å². The highest BCUT2D eigenvalue weighted by Crippen LogP contribution is 2.30. The highest BCUT2D eigenvalue weighted by atomic mass is 32.2. The maximum atomic E-state index is 13.1. The van der Waals surface area contributed by atoms with Gasteiger partial charge in [0.05, 0.1) is 33.9 Å². The molecule has 1 amide bonds. The Morgan fingerprint density at radius 2 is 1.93 bits per heavy atom. The van der Waals surface area contributed by atoms with E-state index in [-0.39, 0.29) is 35.2 Å². The van der Waals surface area contributed by atoms with Gasteiger partial charge in [-0.05, 0) is 81.5 Å². The lowest BCUT2D eigenvalue weighted by atomic mass is 10.0. The van der Waals surface area contributed by atoms with Crippen molar-refractivity contribution in [2.24, 2.45) is 0 Å². The van der Waals surface area contributed by atoms with Gasteiger partial charge in [0.1, 0.15) is 5.69 Å². The van der Waals surface area contributed by atoms with Crippen LogP contribution in [0.1, 0.15) is 76.7 Å². The lowest BCUT2D eigenvalue weighted by molar-refractivity contribution is -0.141. The molecule has 0 saturated heterocycles. The molecule has 3 aromatic rings. The molecule has 8 nitrogen and oxygen atoms in total. The molecule has 4 rings (SSSR count). The Morgan fingerprint density at radius 3 is 2.58 bits per heavy atom. The highest BCUT2D eigenvalue weighted by molar-refractivity contribution is 7.91. The van der Waals surface area contributed by atoms with Crippen LogP contribution in [0, 0.1) is 0 Å². The second-order valence-corrected chi connectivity index (χ2v) is 14.1. The molecule has 4 heterocycles. The number of nitrogens with zero attached hydrogens (tertiary/aromatic N) is 3. The molecule has 1 aliphatic rings. The Balaban J connectivity index is 1.42. The van der Waals surface area contributed by atoms with Crippen molar-refractivity contribution in [2.45, 2.75) is 76.2 Å². The Hall–Kier alpha value is -2.87. The SMILES string of the molecule is CCS(=O)(=O)c1ccc(CNC(=O)c2cc3c(s2)CCCN(C(C)c2ccc(C(F)(F)F)nc2)CCCOC(C)C3)nc1. The van der Waals surface area contributed by atoms with E-state index in [4.69, 9.17) is 4.74 Å². The van der Waals surface area contributed by atoms with Crippen LogP contribution in [0.5, 0.6) is 0 Å². The van der Waals surface area contributed by atoms with Crippen LogP contribution in [0.3, 0.4) is 0 Å². The normalized spacial score (nSPS) is 18.2. The maximum Gasteiger partial charge on any atom is 0.433 e. The molecule has 0 aromatic carbocycles. The van der Waals surface area contributed by atoms with Gasteiger partial charge in [-0.25, -0.2) is 8.42 Å². The number of hydrogen-bond donors (Lipinski definition) is 1. The van der Waals surface area contributed by atoms with Gasteiger partial charge in [0.15, 0.2) is 9.84 Å². The van der Waals surface area contributed by atoms with Crippen LogP contribution in [-0.4, -0.2) is 60.7 Å². The predicted octanol–water partition coefficient (Wildman–Crippen LogP) is 5.63. The van der Waals surface area contributed by atoms with Gasteiger partial charge in [-0.3, -0.25) is 19.7 Å². The number of carbonyl (C=O) groups is 1. The summed E-state index contributed by atoms with van der Waals surface area (Å²) in [5.74, 6) is -0.238. The predicted molar refractivity (Wildman–Crippen MR) is 159 cm³/mol. The fourth-order valence-corrected chi connectivity index (χ4v) is 6.95. The number of carbonyl (C=O) groups excluding carboxylic acids is 1. The van der Waals surface area contributed by atoms with Crippen LogP contribution in [0.2, 0.25) is 0 Å². The molecule has 2 unspecified atom stereocenters. The zero-order valence-electron chi connectivity index (χ0n) is 24.5. The fourth-order valence-electron chi connectivity index (χ4n) is 4.98. The van der Waals surface area contributed by atoms with E-state index in [2.05, 4.69) is 20.2 Å². The Kier molecular flexibility index (Phi) is 11.0. The molecule has 3 aromatic heterocycles. The molecule has 2 atom stereocenters. The van der Waals surface area contributed by atoms with Gasteiger partial charge in [0.25, 0.3) is 5.91 Å². The minimum atomic E-state index is -4.47. The number of nitrogens with one attached hydrogen (secondary N) is 1. The fraction of sp³-hybridized carbons (Fsp3) is 0.500. The summed E-state index contributed by atoms with van der Waals surface area (Å²) >= 11 is 1.45. The van der Waals surface area contributed by atoms with E-state index in [1.165, 1.54) is 35.9 Å². The first kappa shape index (κ1) is 33.0. The average molecular weight is 639 g/mol. The molecule has 0 radical (unpaired) electrons. The van der Waals surface area contributed by atoms with Crippen LogP contribution >= 0.6 is 11.3 Å². The number of amides is 1. The van der Waals surface area contributed by atoms with E-state index in [1.54, 1.807) is 13.0 Å². The summed E-state index contributed by atoms with van der Waals surface area (Å²) in [6.07, 6.45) is 1.14. The summed E-state index contributed by atoms with van der Waals surface area (Å²) in [7, 11) is -3.34. The van der Waals surface area contributed by atoms with Gasteiger partial charge in [0, 0.05) is 36.5 Å². The Morgan fingerprint density at radius 1 is 1.16 bits per heavy atom. The summed E-state index contributed by atoms with van der Waals surface area (Å²) in [6.45, 7) is 7.74. The number of pyridine rings is 2. The number of aryl methyl sites for hydroxylation is 1. The largest absolute Gasteiger partial charge is 0.433 e. The second-order valence-electron chi connectivity index (χ2n) is 10.7. The van der Waals surface area contributed by atoms with E-state index in [9.17, 15) is 26.4 Å². The van der Waals surface area contributed by atoms with Gasteiger partial charge in [-0.15, -0.1) is 11.3 Å². The Bertz CT molecular complexity index is 1480. The van der Waals surface area contributed by atoms with E-state index in [0.29, 0.717) is 23.6 Å². The van der Waals surface area contributed by atoms with Crippen molar-refractivity contribution in [3.05, 3.63) is 75.0 Å². The number of fused-ring (bicyclic) bond motifs is 1. The number of thiophene rings is 1. The summed E-state index contributed by atoms with van der Waals surface area (Å²) in [5, 5.41) is 2.88. The lowest BCUT2D eigenvalue weighted by Gasteiger charge is -2.30. The third-order valence-electron chi connectivity index (χ3n) is 7.54. The number of aromatic nitrogens is 2. The molecule has 1 aliphatic heterocycles. The van der Waals surface area contributed by atoms with Crippen LogP contribution in [-0.2, 0) is 40.1 Å². The lowest BCUT2D eigenvalue weighted by Crippen LogP contribution is -2.31. The quantitative estimate of drug-likeness (QED) is 0.358. The number of hydrogen-bond acceptors (Lipinski definition) is 8. The first-order valence-electron chi connectivity index (χ1n) is 14.3. The molecular formula is C30H37F3N4O4S2. The molecular weight excluding hydrogens is 601 g/mol. The number of sulfone groups is 1. The first-order valence-corrected chi connectivity index (χ1v) is 16.8. The molecule has 0 aliphatic carbocycles. The van der Waals surface area contributed by atoms with Crippen LogP contribution in [0.15, 0.2) is 47.6 Å². The van der Waals surface area contributed by atoms with E-state index in [0.717, 1.165) is 54.4 Å². The monoisotopic (exact) mass is 638 g/mol. The van der Waals surface area contributed by atoms with Crippen molar-refractivity contribution in [3.8, 4) is 0 Å². The van der Waals surface area contributed by atoms with Crippen molar-refractivity contribution in [3.63, 3.8) is 0 Å². The number of halogens is 3. The minimum Gasteiger partial charge on any atom is -0.378 e. The first-order chi connectivity index (χ1) is 20.4. The van der Waals surface area contributed by atoms with Crippen molar-refractivity contribution in [1.29, 1.82) is 0 Å². The van der Waals surface area contributed by atoms with Crippen molar-refractivity contribution in [1.82, 2.24) is 20.2 Å². The number of rotatable bonds is 7. The molecule has 0 bridgehead atoms. The molecule has 13 heteroatoms. The molecule has 1 N–H and O–H groups in total. The van der Waals surface area contributed by atoms with E-state index >= 15 is 0 Å². The topological polar surface area (TPSA) is 101 Å². The maximum absolute atomic E-state index is 13.1. The van der Waals surface area contributed by atoms with Crippen molar-refractivity contribution >= 4 is 27.1 Å². The zero-order chi connectivity index (χ0) is 31.2. The molecule has 43 heavy (non-hydrogen) atoms. The minimum absolute atomic E-state index is 0.00878. The summed E-state index contributed by atoms with van der Waals surface area (Å²) in [5.41, 5.74) is 1.45. The van der Waals surface area contributed by atoms with Crippen LogP contribution < -0.4 is 5.32 Å². The summed E-state index contributed by atoms with van der Waals surface area (Å²) in [4.78, 5) is 25.0.